The van der Waals surface area contributed by atoms with Gasteiger partial charge in [0.05, 0.1) is 4.92 Å². The van der Waals surface area contributed by atoms with Crippen molar-refractivity contribution in [2.45, 2.75) is 19.9 Å². The third kappa shape index (κ3) is 4.65. The van der Waals surface area contributed by atoms with E-state index < -0.39 is 0 Å². The van der Waals surface area contributed by atoms with E-state index in [9.17, 15) is 10.1 Å². The quantitative estimate of drug-likeness (QED) is 0.487. The Balaban J connectivity index is 1.79. The second kappa shape index (κ2) is 7.33. The Morgan fingerprint density at radius 2 is 1.81 bits per heavy atom. The Kier molecular flexibility index (Phi) is 5.47. The molecule has 5 heteroatoms. The smallest absolute Gasteiger partial charge is 0.269 e. The van der Waals surface area contributed by atoms with Gasteiger partial charge in [-0.2, -0.15) is 0 Å². The third-order valence-corrected chi connectivity index (χ3v) is 4.16. The van der Waals surface area contributed by atoms with E-state index in [1.807, 2.05) is 12.1 Å². The van der Waals surface area contributed by atoms with Gasteiger partial charge in [-0.05, 0) is 42.6 Å². The van der Waals surface area contributed by atoms with Gasteiger partial charge in [0, 0.05) is 23.2 Å². The normalized spacial score (nSPS) is 10.6. The summed E-state index contributed by atoms with van der Waals surface area (Å²) in [5.41, 5.74) is 3.69. The Morgan fingerprint density at radius 3 is 2.43 bits per heavy atom. The molecule has 0 radical (unpaired) electrons. The van der Waals surface area contributed by atoms with Crippen LogP contribution in [0.4, 0.5) is 5.69 Å². The zero-order chi connectivity index (χ0) is 15.2. The number of aryl methyl sites for hydroxylation is 1. The molecule has 0 amide bonds. The molecule has 0 heterocycles. The fraction of sp³-hybridized carbons (Fsp3) is 0.250. The van der Waals surface area contributed by atoms with Gasteiger partial charge in [-0.3, -0.25) is 10.1 Å². The molecule has 4 nitrogen and oxygen atoms in total. The average Bonchev–Trinajstić information content (AvgIpc) is 2.47. The number of nitro groups is 1. The number of nitrogens with one attached hydrogen (secondary N) is 1. The molecule has 2 aromatic carbocycles. The minimum atomic E-state index is -0.378. The van der Waals surface area contributed by atoms with Gasteiger partial charge in [0.15, 0.2) is 0 Å². The van der Waals surface area contributed by atoms with E-state index >= 15 is 0 Å². The van der Waals surface area contributed by atoms with Crippen LogP contribution < -0.4 is 5.32 Å². The molecular formula is C16H17BrN2O2. The number of hydrogen-bond acceptors (Lipinski definition) is 3. The minimum Gasteiger partial charge on any atom is -0.312 e. The second-order valence-corrected chi connectivity index (χ2v) is 5.79. The van der Waals surface area contributed by atoms with Crippen molar-refractivity contribution in [1.29, 1.82) is 0 Å². The van der Waals surface area contributed by atoms with Crippen molar-refractivity contribution in [3.05, 3.63) is 73.7 Å². The van der Waals surface area contributed by atoms with Gasteiger partial charge in [-0.15, -0.1) is 0 Å². The molecule has 0 aliphatic carbocycles. The largest absolute Gasteiger partial charge is 0.312 e. The predicted octanol–water partition coefficient (Wildman–Crippen LogP) is 4.00. The summed E-state index contributed by atoms with van der Waals surface area (Å²) in [6, 6.07) is 13.0. The molecule has 0 saturated carbocycles. The summed E-state index contributed by atoms with van der Waals surface area (Å²) in [7, 11) is 0. The lowest BCUT2D eigenvalue weighted by Gasteiger charge is -2.07. The highest BCUT2D eigenvalue weighted by Gasteiger charge is 2.03. The first-order valence-electron chi connectivity index (χ1n) is 6.75. The molecule has 0 spiro atoms. The van der Waals surface area contributed by atoms with Crippen molar-refractivity contribution in [1.82, 2.24) is 5.32 Å². The monoisotopic (exact) mass is 348 g/mol. The molecule has 0 bridgehead atoms. The van der Waals surface area contributed by atoms with Crippen LogP contribution in [0.5, 0.6) is 0 Å². The number of rotatable bonds is 6. The number of benzene rings is 2. The lowest BCUT2D eigenvalue weighted by Crippen LogP contribution is -2.16. The van der Waals surface area contributed by atoms with Crippen LogP contribution in [0.15, 0.2) is 46.9 Å². The van der Waals surface area contributed by atoms with Gasteiger partial charge in [0.25, 0.3) is 5.69 Å². The van der Waals surface area contributed by atoms with Gasteiger partial charge in [0.1, 0.15) is 0 Å². The molecule has 0 aliphatic rings. The number of nitro benzene ring substituents is 1. The van der Waals surface area contributed by atoms with Crippen LogP contribution in [0.1, 0.15) is 16.7 Å². The molecule has 0 atom stereocenters. The summed E-state index contributed by atoms with van der Waals surface area (Å²) >= 11 is 3.53. The lowest BCUT2D eigenvalue weighted by molar-refractivity contribution is -0.384. The summed E-state index contributed by atoms with van der Waals surface area (Å²) in [4.78, 5) is 10.2. The van der Waals surface area contributed by atoms with Gasteiger partial charge in [0.2, 0.25) is 0 Å². The molecule has 0 unspecified atom stereocenters. The maximum absolute atomic E-state index is 10.6. The highest BCUT2D eigenvalue weighted by molar-refractivity contribution is 9.10. The first kappa shape index (κ1) is 15.7. The van der Waals surface area contributed by atoms with Crippen LogP contribution in [-0.2, 0) is 13.0 Å². The van der Waals surface area contributed by atoms with Gasteiger partial charge >= 0.3 is 0 Å². The molecule has 2 rings (SSSR count). The van der Waals surface area contributed by atoms with Gasteiger partial charge < -0.3 is 5.32 Å². The van der Waals surface area contributed by atoms with Crippen LogP contribution in [0.25, 0.3) is 0 Å². The fourth-order valence-electron chi connectivity index (χ4n) is 2.00. The van der Waals surface area contributed by atoms with E-state index in [0.717, 1.165) is 29.5 Å². The Bertz CT molecular complexity index is 627. The van der Waals surface area contributed by atoms with E-state index in [4.69, 9.17) is 0 Å². The van der Waals surface area contributed by atoms with Gasteiger partial charge in [-0.1, -0.05) is 40.2 Å². The molecular weight excluding hydrogens is 332 g/mol. The van der Waals surface area contributed by atoms with Crippen LogP contribution >= 0.6 is 15.9 Å². The third-order valence-electron chi connectivity index (χ3n) is 3.30. The van der Waals surface area contributed by atoms with Crippen molar-refractivity contribution < 1.29 is 4.92 Å². The molecule has 21 heavy (non-hydrogen) atoms. The van der Waals surface area contributed by atoms with E-state index in [-0.39, 0.29) is 10.6 Å². The van der Waals surface area contributed by atoms with Crippen LogP contribution in [0, 0.1) is 17.0 Å². The summed E-state index contributed by atoms with van der Waals surface area (Å²) in [5, 5.41) is 13.9. The molecule has 1 N–H and O–H groups in total. The summed E-state index contributed by atoms with van der Waals surface area (Å²) in [6.07, 6.45) is 0.852. The summed E-state index contributed by atoms with van der Waals surface area (Å²) in [6.45, 7) is 3.71. The van der Waals surface area contributed by atoms with Gasteiger partial charge in [-0.25, -0.2) is 0 Å². The highest BCUT2D eigenvalue weighted by atomic mass is 79.9. The summed E-state index contributed by atoms with van der Waals surface area (Å²) < 4.78 is 1.12. The first-order chi connectivity index (χ1) is 10.1. The Morgan fingerprint density at radius 1 is 1.14 bits per heavy atom. The maximum Gasteiger partial charge on any atom is 0.269 e. The Hall–Kier alpha value is -1.72. The zero-order valence-corrected chi connectivity index (χ0v) is 13.4. The fourth-order valence-corrected chi connectivity index (χ4v) is 2.42. The number of nitrogens with zero attached hydrogens (tertiary/aromatic N) is 1. The number of hydrogen-bond donors (Lipinski definition) is 1. The first-order valence-corrected chi connectivity index (χ1v) is 7.54. The van der Waals surface area contributed by atoms with Crippen LogP contribution in [0.2, 0.25) is 0 Å². The van der Waals surface area contributed by atoms with Crippen LogP contribution in [-0.4, -0.2) is 11.5 Å². The van der Waals surface area contributed by atoms with Crippen molar-refractivity contribution in [3.8, 4) is 0 Å². The standard InChI is InChI=1S/C16H17BrN2O2/c1-12-2-3-14(10-16(12)17)11-18-9-8-13-4-6-15(7-5-13)19(20)21/h2-7,10,18H,8-9,11H2,1H3. The molecule has 0 fully saturated rings. The molecule has 2 aromatic rings. The summed E-state index contributed by atoms with van der Waals surface area (Å²) in [5.74, 6) is 0. The molecule has 0 aromatic heterocycles. The number of halogens is 1. The van der Waals surface area contributed by atoms with Crippen molar-refractivity contribution in [3.63, 3.8) is 0 Å². The highest BCUT2D eigenvalue weighted by Crippen LogP contribution is 2.17. The zero-order valence-electron chi connectivity index (χ0n) is 11.8. The van der Waals surface area contributed by atoms with E-state index in [0.29, 0.717) is 0 Å². The number of non-ortho nitro benzene ring substituents is 1. The SMILES string of the molecule is Cc1ccc(CNCCc2ccc([N+](=O)[O-])cc2)cc1Br. The lowest BCUT2D eigenvalue weighted by atomic mass is 10.1. The van der Waals surface area contributed by atoms with Crippen molar-refractivity contribution in [2.24, 2.45) is 0 Å². The van der Waals surface area contributed by atoms with Crippen LogP contribution in [0.3, 0.4) is 0 Å². The van der Waals surface area contributed by atoms with E-state index in [2.05, 4.69) is 46.4 Å². The maximum atomic E-state index is 10.6. The predicted molar refractivity (Wildman–Crippen MR) is 87.4 cm³/mol. The average molecular weight is 349 g/mol. The molecule has 110 valence electrons. The molecule has 0 saturated heterocycles. The Labute approximate surface area is 132 Å². The van der Waals surface area contributed by atoms with Crippen molar-refractivity contribution in [2.75, 3.05) is 6.54 Å². The molecule has 0 aliphatic heterocycles. The minimum absolute atomic E-state index is 0.135. The van der Waals surface area contributed by atoms with E-state index in [1.54, 1.807) is 12.1 Å². The van der Waals surface area contributed by atoms with E-state index in [1.165, 1.54) is 11.1 Å². The second-order valence-electron chi connectivity index (χ2n) is 4.93. The van der Waals surface area contributed by atoms with Crippen molar-refractivity contribution >= 4 is 21.6 Å². The topological polar surface area (TPSA) is 55.2 Å².